The van der Waals surface area contributed by atoms with Crippen LogP contribution in [-0.2, 0) is 0 Å². The maximum absolute atomic E-state index is 16.6. The maximum Gasteiger partial charge on any atom is 0.157 e. The van der Waals surface area contributed by atoms with Gasteiger partial charge in [0.2, 0.25) is 0 Å². The van der Waals surface area contributed by atoms with Crippen molar-refractivity contribution in [2.24, 2.45) is 5.92 Å². The van der Waals surface area contributed by atoms with Crippen molar-refractivity contribution in [2.45, 2.75) is 24.5 Å². The van der Waals surface area contributed by atoms with Gasteiger partial charge in [-0.3, -0.25) is 0 Å². The minimum Gasteiger partial charge on any atom is -0.508 e. The molecular formula is C30H29FN6O. The smallest absolute Gasteiger partial charge is 0.157 e. The molecule has 0 amide bonds. The van der Waals surface area contributed by atoms with Crippen LogP contribution in [0.5, 0.6) is 5.75 Å². The topological polar surface area (TPSA) is 69.5 Å². The number of nitrogens with one attached hydrogen (secondary N) is 1. The zero-order valence-corrected chi connectivity index (χ0v) is 21.4. The standard InChI is InChI=1S/C30H29FN6O/c1-35(2)18-13-36(14-18)30-27-29(37(15-33-27)28-17-10-24(28)32-12-17)22-8-7-21(25(31)26(22)34-30)23-11-19(38)9-16-5-3-4-6-20(16)23/h3-9,11,15,17-18,24,28,32,38H,10,12-14H2,1-2H3/t17-,24-,28+/m1/s1. The third kappa shape index (κ3) is 3.01. The summed E-state index contributed by atoms with van der Waals surface area (Å²) in [4.78, 5) is 14.3. The average molecular weight is 509 g/mol. The molecule has 1 saturated carbocycles. The molecule has 1 aliphatic carbocycles. The highest BCUT2D eigenvalue weighted by molar-refractivity contribution is 6.09. The second kappa shape index (κ2) is 7.88. The van der Waals surface area contributed by atoms with Gasteiger partial charge in [0.05, 0.1) is 17.9 Å². The predicted molar refractivity (Wildman–Crippen MR) is 148 cm³/mol. The Labute approximate surface area is 219 Å². The summed E-state index contributed by atoms with van der Waals surface area (Å²) in [5.41, 5.74) is 3.26. The second-order valence-corrected chi connectivity index (χ2v) is 11.3. The SMILES string of the molecule is CN(C)C1CN(c2nc3c(F)c(-c4cc(O)cc5ccccc45)ccc3c3c2ncn3[C@H]2[C@H]3CN[C@@H]2C3)C1. The van der Waals surface area contributed by atoms with E-state index in [9.17, 15) is 5.11 Å². The number of aromatic hydroxyl groups is 1. The summed E-state index contributed by atoms with van der Waals surface area (Å²) in [7, 11) is 4.18. The lowest BCUT2D eigenvalue weighted by molar-refractivity contribution is 0.225. The first-order valence-corrected chi connectivity index (χ1v) is 13.3. The molecule has 2 N–H and O–H groups in total. The molecule has 2 bridgehead atoms. The molecule has 3 aromatic carbocycles. The van der Waals surface area contributed by atoms with Gasteiger partial charge in [0, 0.05) is 42.7 Å². The largest absolute Gasteiger partial charge is 0.508 e. The van der Waals surface area contributed by atoms with E-state index in [4.69, 9.17) is 9.97 Å². The Morgan fingerprint density at radius 2 is 1.87 bits per heavy atom. The first kappa shape index (κ1) is 22.3. The first-order valence-electron chi connectivity index (χ1n) is 13.3. The van der Waals surface area contributed by atoms with E-state index in [0.29, 0.717) is 40.7 Å². The van der Waals surface area contributed by atoms with Crippen LogP contribution in [0.2, 0.25) is 0 Å². The lowest BCUT2D eigenvalue weighted by Gasteiger charge is -2.43. The molecule has 192 valence electrons. The van der Waals surface area contributed by atoms with Gasteiger partial charge in [-0.15, -0.1) is 0 Å². The zero-order chi connectivity index (χ0) is 25.7. The fraction of sp³-hybridized carbons (Fsp3) is 0.333. The number of anilines is 1. The van der Waals surface area contributed by atoms with Gasteiger partial charge in [-0.2, -0.15) is 0 Å². The van der Waals surface area contributed by atoms with Crippen LogP contribution in [0.3, 0.4) is 0 Å². The van der Waals surface area contributed by atoms with Crippen LogP contribution in [0.25, 0.3) is 43.8 Å². The Balaban J connectivity index is 1.37. The molecule has 7 nitrogen and oxygen atoms in total. The van der Waals surface area contributed by atoms with E-state index in [1.165, 1.54) is 6.42 Å². The van der Waals surface area contributed by atoms with Crippen molar-refractivity contribution in [3.8, 4) is 16.9 Å². The number of hydrogen-bond acceptors (Lipinski definition) is 6. The highest BCUT2D eigenvalue weighted by Gasteiger charge is 2.48. The average Bonchev–Trinajstić information content (AvgIpc) is 3.60. The Kier molecular flexibility index (Phi) is 4.61. The third-order valence-electron chi connectivity index (χ3n) is 9.04. The van der Waals surface area contributed by atoms with E-state index in [2.05, 4.69) is 33.8 Å². The fourth-order valence-electron chi connectivity index (χ4n) is 6.81. The molecule has 4 aliphatic rings. The lowest BCUT2D eigenvalue weighted by Crippen LogP contribution is -2.57. The van der Waals surface area contributed by atoms with E-state index in [-0.39, 0.29) is 11.6 Å². The molecule has 5 heterocycles. The number of benzene rings is 3. The molecule has 8 heteroatoms. The normalized spacial score (nSPS) is 23.1. The lowest BCUT2D eigenvalue weighted by atomic mass is 9.80. The van der Waals surface area contributed by atoms with Crippen LogP contribution < -0.4 is 10.2 Å². The van der Waals surface area contributed by atoms with E-state index >= 15 is 4.39 Å². The Morgan fingerprint density at radius 1 is 1.03 bits per heavy atom. The molecule has 2 aromatic heterocycles. The molecule has 38 heavy (non-hydrogen) atoms. The minimum atomic E-state index is -0.367. The number of fused-ring (bicyclic) bond motifs is 5. The van der Waals surface area contributed by atoms with Gasteiger partial charge < -0.3 is 24.8 Å². The van der Waals surface area contributed by atoms with Crippen molar-refractivity contribution in [3.05, 3.63) is 60.7 Å². The number of imidazole rings is 1. The minimum absolute atomic E-state index is 0.114. The summed E-state index contributed by atoms with van der Waals surface area (Å²) < 4.78 is 18.9. The van der Waals surface area contributed by atoms with Gasteiger partial charge in [-0.05, 0) is 61.0 Å². The van der Waals surface area contributed by atoms with Gasteiger partial charge in [0.25, 0.3) is 0 Å². The molecule has 0 spiro atoms. The number of pyridine rings is 1. The predicted octanol–water partition coefficient (Wildman–Crippen LogP) is 4.53. The quantitative estimate of drug-likeness (QED) is 0.372. The molecule has 0 unspecified atom stereocenters. The number of nitrogens with zero attached hydrogens (tertiary/aromatic N) is 5. The maximum atomic E-state index is 16.6. The molecule has 9 rings (SSSR count). The van der Waals surface area contributed by atoms with Gasteiger partial charge >= 0.3 is 0 Å². The van der Waals surface area contributed by atoms with Crippen LogP contribution in [0.15, 0.2) is 54.9 Å². The number of halogens is 1. The number of likely N-dealkylation sites (N-methyl/N-ethyl adjacent to an activating group) is 1. The van der Waals surface area contributed by atoms with Crippen molar-refractivity contribution in [3.63, 3.8) is 0 Å². The van der Waals surface area contributed by atoms with Crippen molar-refractivity contribution >= 4 is 38.5 Å². The molecule has 0 radical (unpaired) electrons. The summed E-state index contributed by atoms with van der Waals surface area (Å²) in [5.74, 6) is 1.08. The van der Waals surface area contributed by atoms with E-state index in [1.807, 2.05) is 42.7 Å². The molecule has 3 aliphatic heterocycles. The summed E-state index contributed by atoms with van der Waals surface area (Å²) in [6, 6.07) is 16.1. The van der Waals surface area contributed by atoms with Crippen LogP contribution in [-0.4, -0.2) is 70.4 Å². The highest BCUT2D eigenvalue weighted by atomic mass is 19.1. The van der Waals surface area contributed by atoms with Crippen molar-refractivity contribution < 1.29 is 9.50 Å². The number of phenols is 1. The van der Waals surface area contributed by atoms with E-state index in [0.717, 1.165) is 52.6 Å². The van der Waals surface area contributed by atoms with Crippen molar-refractivity contribution in [1.29, 1.82) is 0 Å². The van der Waals surface area contributed by atoms with E-state index < -0.39 is 0 Å². The third-order valence-corrected chi connectivity index (χ3v) is 9.04. The fourth-order valence-corrected chi connectivity index (χ4v) is 6.81. The van der Waals surface area contributed by atoms with Crippen LogP contribution in [0.1, 0.15) is 12.5 Å². The molecule has 3 atom stereocenters. The monoisotopic (exact) mass is 508 g/mol. The van der Waals surface area contributed by atoms with E-state index in [1.54, 1.807) is 12.1 Å². The Bertz CT molecular complexity index is 1740. The molecule has 3 saturated heterocycles. The molecular weight excluding hydrogens is 479 g/mol. The number of aromatic nitrogens is 3. The Morgan fingerprint density at radius 3 is 2.63 bits per heavy atom. The summed E-state index contributed by atoms with van der Waals surface area (Å²) in [5, 5.41) is 16.6. The Hall–Kier alpha value is -3.75. The number of hydrogen-bond donors (Lipinski definition) is 2. The van der Waals surface area contributed by atoms with Crippen molar-refractivity contribution in [1.82, 2.24) is 24.8 Å². The summed E-state index contributed by atoms with van der Waals surface area (Å²) in [6.45, 7) is 2.69. The van der Waals surface area contributed by atoms with Crippen LogP contribution in [0.4, 0.5) is 10.2 Å². The molecule has 5 aromatic rings. The van der Waals surface area contributed by atoms with Crippen LogP contribution >= 0.6 is 0 Å². The summed E-state index contributed by atoms with van der Waals surface area (Å²) in [6.07, 6.45) is 3.11. The second-order valence-electron chi connectivity index (χ2n) is 11.3. The summed E-state index contributed by atoms with van der Waals surface area (Å²) >= 11 is 0. The first-order chi connectivity index (χ1) is 18.5. The van der Waals surface area contributed by atoms with Crippen molar-refractivity contribution in [2.75, 3.05) is 38.6 Å². The highest BCUT2D eigenvalue weighted by Crippen LogP contribution is 2.47. The van der Waals surface area contributed by atoms with Gasteiger partial charge in [0.15, 0.2) is 11.6 Å². The number of phenolic OH excluding ortho intramolecular Hbond substituents is 1. The molecule has 4 fully saturated rings. The zero-order valence-electron chi connectivity index (χ0n) is 21.4. The van der Waals surface area contributed by atoms with Gasteiger partial charge in [-0.25, -0.2) is 14.4 Å². The van der Waals surface area contributed by atoms with Gasteiger partial charge in [0.1, 0.15) is 16.8 Å². The van der Waals surface area contributed by atoms with Crippen LogP contribution in [0, 0.1) is 11.7 Å². The number of rotatable bonds is 4. The van der Waals surface area contributed by atoms with Gasteiger partial charge in [-0.1, -0.05) is 30.3 Å².